The molecule has 2 N–H and O–H groups in total. The highest BCUT2D eigenvalue weighted by atomic mass is 16.2. The highest BCUT2D eigenvalue weighted by Gasteiger charge is 2.32. The van der Waals surface area contributed by atoms with Gasteiger partial charge in [-0.15, -0.1) is 0 Å². The zero-order valence-electron chi connectivity index (χ0n) is 17.0. The van der Waals surface area contributed by atoms with Crippen molar-refractivity contribution in [3.63, 3.8) is 0 Å². The minimum absolute atomic E-state index is 0.146. The van der Waals surface area contributed by atoms with Gasteiger partial charge in [-0.25, -0.2) is 0 Å². The number of nitrogens with zero attached hydrogens (tertiary/aromatic N) is 2. The molecule has 1 amide bonds. The van der Waals surface area contributed by atoms with Crippen molar-refractivity contribution in [2.45, 2.75) is 38.3 Å². The van der Waals surface area contributed by atoms with Crippen molar-refractivity contribution in [2.24, 2.45) is 0 Å². The van der Waals surface area contributed by atoms with E-state index in [-0.39, 0.29) is 11.8 Å². The molecule has 0 spiro atoms. The fourth-order valence-electron chi connectivity index (χ4n) is 3.54. The highest BCUT2D eigenvalue weighted by molar-refractivity contribution is 5.92. The molecule has 150 valence electrons. The normalized spacial score (nSPS) is 12.3. The molecule has 0 radical (unpaired) electrons. The van der Waals surface area contributed by atoms with Crippen LogP contribution in [-0.4, -0.2) is 28.0 Å². The summed E-state index contributed by atoms with van der Waals surface area (Å²) in [6.45, 7) is 5.69. The van der Waals surface area contributed by atoms with Gasteiger partial charge in [0.05, 0.1) is 5.69 Å². The van der Waals surface area contributed by atoms with Crippen LogP contribution in [0.2, 0.25) is 0 Å². The van der Waals surface area contributed by atoms with Gasteiger partial charge in [0.25, 0.3) is 5.91 Å². The summed E-state index contributed by atoms with van der Waals surface area (Å²) in [7, 11) is 0. The van der Waals surface area contributed by atoms with Crippen molar-refractivity contribution in [1.82, 2.24) is 20.6 Å². The van der Waals surface area contributed by atoms with Crippen LogP contribution in [0.4, 0.5) is 0 Å². The lowest BCUT2D eigenvalue weighted by Crippen LogP contribution is -2.48. The van der Waals surface area contributed by atoms with Crippen molar-refractivity contribution in [3.05, 3.63) is 96.1 Å². The Morgan fingerprint density at radius 1 is 0.931 bits per heavy atom. The van der Waals surface area contributed by atoms with Crippen molar-refractivity contribution in [2.75, 3.05) is 6.54 Å². The number of hydrogen-bond donors (Lipinski definition) is 2. The molecule has 2 heterocycles. The number of amides is 1. The Kier molecular flexibility index (Phi) is 7.09. The predicted molar refractivity (Wildman–Crippen MR) is 116 cm³/mol. The number of hydrogen-bond acceptors (Lipinski definition) is 4. The van der Waals surface area contributed by atoms with Gasteiger partial charge in [0.15, 0.2) is 0 Å². The van der Waals surface area contributed by atoms with E-state index < -0.39 is 5.54 Å². The predicted octanol–water partition coefficient (Wildman–Crippen LogP) is 3.95. The van der Waals surface area contributed by atoms with E-state index in [0.717, 1.165) is 25.2 Å². The molecule has 0 fully saturated rings. The van der Waals surface area contributed by atoms with Gasteiger partial charge >= 0.3 is 0 Å². The fourth-order valence-corrected chi connectivity index (χ4v) is 3.54. The number of benzene rings is 1. The summed E-state index contributed by atoms with van der Waals surface area (Å²) in [5.41, 5.74) is 2.22. The summed E-state index contributed by atoms with van der Waals surface area (Å²) in [5, 5.41) is 6.66. The summed E-state index contributed by atoms with van der Waals surface area (Å²) in [5.74, 6) is -0.00873. The zero-order chi connectivity index (χ0) is 20.5. The van der Waals surface area contributed by atoms with E-state index in [4.69, 9.17) is 0 Å². The topological polar surface area (TPSA) is 66.9 Å². The summed E-state index contributed by atoms with van der Waals surface area (Å²) < 4.78 is 0. The lowest BCUT2D eigenvalue weighted by atomic mass is 9.79. The van der Waals surface area contributed by atoms with Crippen molar-refractivity contribution >= 4 is 5.91 Å². The Morgan fingerprint density at radius 3 is 2.28 bits per heavy atom. The molecule has 3 aromatic rings. The monoisotopic (exact) mass is 388 g/mol. The van der Waals surface area contributed by atoms with Crippen LogP contribution < -0.4 is 10.6 Å². The van der Waals surface area contributed by atoms with E-state index in [9.17, 15) is 4.79 Å². The lowest BCUT2D eigenvalue weighted by molar-refractivity contribution is 0.0893. The van der Waals surface area contributed by atoms with E-state index >= 15 is 0 Å². The first kappa shape index (κ1) is 20.7. The SMILES string of the molecule is CC(C)(NC(=O)c1ccccn1)C(CCNCc1ccccn1)c1ccccc1. The minimum Gasteiger partial charge on any atom is -0.345 e. The third kappa shape index (κ3) is 5.96. The van der Waals surface area contributed by atoms with Crippen LogP contribution in [0.1, 0.15) is 47.9 Å². The minimum atomic E-state index is -0.442. The van der Waals surface area contributed by atoms with Gasteiger partial charge < -0.3 is 10.6 Å². The smallest absolute Gasteiger partial charge is 0.270 e. The van der Waals surface area contributed by atoms with Gasteiger partial charge in [0, 0.05) is 30.4 Å². The number of rotatable bonds is 9. The lowest BCUT2D eigenvalue weighted by Gasteiger charge is -2.36. The number of pyridine rings is 2. The fraction of sp³-hybridized carbons (Fsp3) is 0.292. The molecule has 3 rings (SSSR count). The highest BCUT2D eigenvalue weighted by Crippen LogP contribution is 2.31. The third-order valence-corrected chi connectivity index (χ3v) is 5.05. The van der Waals surface area contributed by atoms with Crippen molar-refractivity contribution < 1.29 is 4.79 Å². The van der Waals surface area contributed by atoms with Crippen LogP contribution in [0.25, 0.3) is 0 Å². The molecule has 5 heteroatoms. The van der Waals surface area contributed by atoms with Crippen LogP contribution in [-0.2, 0) is 6.54 Å². The van der Waals surface area contributed by atoms with E-state index in [1.165, 1.54) is 5.56 Å². The maximum atomic E-state index is 12.7. The summed E-state index contributed by atoms with van der Waals surface area (Å²) in [6, 6.07) is 21.6. The molecular formula is C24H28N4O. The average Bonchev–Trinajstić information content (AvgIpc) is 2.75. The van der Waals surface area contributed by atoms with Crippen LogP contribution in [0.3, 0.4) is 0 Å². The molecule has 1 aromatic carbocycles. The molecular weight excluding hydrogens is 360 g/mol. The van der Waals surface area contributed by atoms with Gasteiger partial charge in [0.1, 0.15) is 5.69 Å². The number of aromatic nitrogens is 2. The molecule has 0 aliphatic carbocycles. The van der Waals surface area contributed by atoms with Crippen molar-refractivity contribution in [1.29, 1.82) is 0 Å². The van der Waals surface area contributed by atoms with Crippen LogP contribution in [0, 0.1) is 0 Å². The first-order valence-corrected chi connectivity index (χ1v) is 9.95. The molecule has 2 aromatic heterocycles. The third-order valence-electron chi connectivity index (χ3n) is 5.05. The summed E-state index contributed by atoms with van der Waals surface area (Å²) in [4.78, 5) is 21.2. The van der Waals surface area contributed by atoms with E-state index in [0.29, 0.717) is 5.69 Å². The number of carbonyl (C=O) groups is 1. The van der Waals surface area contributed by atoms with Gasteiger partial charge in [-0.2, -0.15) is 0 Å². The first-order chi connectivity index (χ1) is 14.1. The van der Waals surface area contributed by atoms with Crippen LogP contribution in [0.5, 0.6) is 0 Å². The van der Waals surface area contributed by atoms with Gasteiger partial charge in [-0.05, 0) is 56.6 Å². The molecule has 0 saturated heterocycles. The molecule has 0 aliphatic rings. The van der Waals surface area contributed by atoms with Gasteiger partial charge in [-0.1, -0.05) is 42.5 Å². The number of carbonyl (C=O) groups excluding carboxylic acids is 1. The zero-order valence-corrected chi connectivity index (χ0v) is 17.0. The van der Waals surface area contributed by atoms with Crippen LogP contribution >= 0.6 is 0 Å². The molecule has 0 bridgehead atoms. The Balaban J connectivity index is 1.68. The Labute approximate surface area is 172 Å². The molecule has 5 nitrogen and oxygen atoms in total. The Hall–Kier alpha value is -3.05. The molecule has 0 saturated carbocycles. The van der Waals surface area contributed by atoms with E-state index in [1.807, 2.05) is 48.5 Å². The maximum absolute atomic E-state index is 12.7. The first-order valence-electron chi connectivity index (χ1n) is 9.95. The number of nitrogens with one attached hydrogen (secondary N) is 2. The second kappa shape index (κ2) is 9.94. The largest absolute Gasteiger partial charge is 0.345 e. The maximum Gasteiger partial charge on any atom is 0.270 e. The van der Waals surface area contributed by atoms with Crippen LogP contribution in [0.15, 0.2) is 79.1 Å². The molecule has 0 aliphatic heterocycles. The summed E-state index contributed by atoms with van der Waals surface area (Å²) >= 11 is 0. The second-order valence-corrected chi connectivity index (χ2v) is 7.64. The average molecular weight is 389 g/mol. The second-order valence-electron chi connectivity index (χ2n) is 7.64. The molecule has 1 atom stereocenters. The Bertz CT molecular complexity index is 883. The molecule has 29 heavy (non-hydrogen) atoms. The quantitative estimate of drug-likeness (QED) is 0.545. The Morgan fingerprint density at radius 2 is 1.62 bits per heavy atom. The van der Waals surface area contributed by atoms with Gasteiger partial charge in [-0.3, -0.25) is 14.8 Å². The van der Waals surface area contributed by atoms with Gasteiger partial charge in [0.2, 0.25) is 0 Å². The summed E-state index contributed by atoms with van der Waals surface area (Å²) in [6.07, 6.45) is 4.32. The van der Waals surface area contributed by atoms with E-state index in [2.05, 4.69) is 46.6 Å². The van der Waals surface area contributed by atoms with Crippen molar-refractivity contribution in [3.8, 4) is 0 Å². The van der Waals surface area contributed by atoms with E-state index in [1.54, 1.807) is 18.5 Å². The standard InChI is InChI=1S/C24H28N4O/c1-24(2,28-23(29)22-13-7-9-16-27-22)21(19-10-4-3-5-11-19)14-17-25-18-20-12-6-8-15-26-20/h3-13,15-16,21,25H,14,17-18H2,1-2H3,(H,28,29). The molecule has 1 unspecified atom stereocenters.